The normalized spacial score (nSPS) is 11.3. The molecule has 0 aliphatic rings. The Bertz CT molecular complexity index is 1130. The first kappa shape index (κ1) is 22.1. The van der Waals surface area contributed by atoms with Crippen molar-refractivity contribution in [2.75, 3.05) is 5.32 Å². The van der Waals surface area contributed by atoms with Gasteiger partial charge in [0.25, 0.3) is 5.69 Å². The second-order valence-corrected chi connectivity index (χ2v) is 6.84. The fourth-order valence-corrected chi connectivity index (χ4v) is 2.82. The van der Waals surface area contributed by atoms with E-state index in [2.05, 4.69) is 10.4 Å². The summed E-state index contributed by atoms with van der Waals surface area (Å²) in [5.41, 5.74) is -1.40. The molecule has 8 nitrogen and oxygen atoms in total. The maximum absolute atomic E-state index is 13.1. The summed E-state index contributed by atoms with van der Waals surface area (Å²) in [5.74, 6) is -0.478. The van der Waals surface area contributed by atoms with E-state index in [1.165, 1.54) is 25.1 Å². The number of halogens is 4. The summed E-state index contributed by atoms with van der Waals surface area (Å²) < 4.78 is 45.3. The first-order chi connectivity index (χ1) is 14.5. The van der Waals surface area contributed by atoms with Crippen LogP contribution in [0.25, 0.3) is 0 Å². The van der Waals surface area contributed by atoms with Crippen LogP contribution >= 0.6 is 11.6 Å². The summed E-state index contributed by atoms with van der Waals surface area (Å²) in [6, 6.07) is 10.5. The number of hydrogen-bond donors (Lipinski definition) is 1. The van der Waals surface area contributed by atoms with Crippen molar-refractivity contribution >= 4 is 28.9 Å². The first-order valence-corrected chi connectivity index (χ1v) is 9.03. The third-order valence-electron chi connectivity index (χ3n) is 3.92. The van der Waals surface area contributed by atoms with Gasteiger partial charge in [-0.05, 0) is 37.3 Å². The fourth-order valence-electron chi connectivity index (χ4n) is 2.69. The number of carbonyl (C=O) groups excluding carboxylic acids is 1. The number of non-ortho nitro benzene ring substituents is 1. The van der Waals surface area contributed by atoms with E-state index in [1.54, 1.807) is 12.1 Å². The number of rotatable bonds is 6. The lowest BCUT2D eigenvalue weighted by Crippen LogP contribution is -2.23. The predicted molar refractivity (Wildman–Crippen MR) is 105 cm³/mol. The Balaban J connectivity index is 1.82. The lowest BCUT2D eigenvalue weighted by molar-refractivity contribution is -0.384. The molecule has 0 fully saturated rings. The van der Waals surface area contributed by atoms with Crippen LogP contribution in [0.5, 0.6) is 11.5 Å². The molecule has 1 N–H and O–H groups in total. The number of nitrogens with one attached hydrogen (secondary N) is 1. The molecule has 1 aromatic heterocycles. The van der Waals surface area contributed by atoms with Crippen LogP contribution in [-0.2, 0) is 17.5 Å². The van der Waals surface area contributed by atoms with Crippen molar-refractivity contribution in [1.29, 1.82) is 0 Å². The van der Waals surface area contributed by atoms with E-state index < -0.39 is 29.2 Å². The van der Waals surface area contributed by atoms with Crippen molar-refractivity contribution in [2.24, 2.45) is 0 Å². The molecule has 162 valence electrons. The number of hydrogen-bond acceptors (Lipinski definition) is 5. The fraction of sp³-hybridized carbons (Fsp3) is 0.158. The van der Waals surface area contributed by atoms with Gasteiger partial charge in [0.2, 0.25) is 5.91 Å². The molecule has 0 atom stereocenters. The van der Waals surface area contributed by atoms with Gasteiger partial charge in [0, 0.05) is 17.2 Å². The molecule has 0 radical (unpaired) electrons. The number of nitro groups is 1. The van der Waals surface area contributed by atoms with E-state index >= 15 is 0 Å². The Morgan fingerprint density at radius 2 is 1.87 bits per heavy atom. The van der Waals surface area contributed by atoms with E-state index in [9.17, 15) is 28.1 Å². The molecule has 31 heavy (non-hydrogen) atoms. The topological polar surface area (TPSA) is 99.3 Å². The molecule has 12 heteroatoms. The van der Waals surface area contributed by atoms with Crippen LogP contribution in [-0.4, -0.2) is 20.6 Å². The van der Waals surface area contributed by atoms with Crippen molar-refractivity contribution in [3.8, 4) is 11.5 Å². The molecule has 1 heterocycles. The molecule has 0 saturated carbocycles. The Labute approximate surface area is 178 Å². The molecule has 0 spiro atoms. The number of nitrogens with zero attached hydrogens (tertiary/aromatic N) is 3. The molecule has 3 rings (SSSR count). The molecular formula is C19H14ClF3N4O4. The quantitative estimate of drug-likeness (QED) is 0.407. The minimum atomic E-state index is -4.69. The maximum Gasteiger partial charge on any atom is 0.433 e. The number of nitro benzene ring substituents is 1. The number of ether oxygens (including phenoxy) is 1. The molecule has 0 unspecified atom stereocenters. The van der Waals surface area contributed by atoms with Crippen LogP contribution < -0.4 is 10.1 Å². The summed E-state index contributed by atoms with van der Waals surface area (Å²) >= 11 is 5.80. The number of benzene rings is 2. The van der Waals surface area contributed by atoms with Crippen LogP contribution in [0, 0.1) is 17.0 Å². The highest BCUT2D eigenvalue weighted by Crippen LogP contribution is 2.31. The lowest BCUT2D eigenvalue weighted by atomic mass is 10.2. The third kappa shape index (κ3) is 5.72. The molecule has 1 amide bonds. The van der Waals surface area contributed by atoms with Crippen LogP contribution in [0.2, 0.25) is 5.02 Å². The van der Waals surface area contributed by atoms with Crippen LogP contribution in [0.3, 0.4) is 0 Å². The molecule has 0 saturated heterocycles. The van der Waals surface area contributed by atoms with Crippen molar-refractivity contribution < 1.29 is 27.6 Å². The van der Waals surface area contributed by atoms with Gasteiger partial charge < -0.3 is 10.1 Å². The summed E-state index contributed by atoms with van der Waals surface area (Å²) in [6.45, 7) is 0.628. The largest absolute Gasteiger partial charge is 0.457 e. The van der Waals surface area contributed by atoms with E-state index in [-0.39, 0.29) is 22.8 Å². The molecule has 3 aromatic rings. The number of carbonyl (C=O) groups is 1. The SMILES string of the molecule is Cc1cc(C(F)(F)F)n(CC(=O)Nc2cc(Oc3ccc(Cl)cc3)cc([N+](=O)[O-])c2)n1. The number of aryl methyl sites for hydroxylation is 1. The van der Waals surface area contributed by atoms with Crippen LogP contribution in [0.15, 0.2) is 48.5 Å². The van der Waals surface area contributed by atoms with Crippen LogP contribution in [0.1, 0.15) is 11.4 Å². The summed E-state index contributed by atoms with van der Waals surface area (Å²) in [4.78, 5) is 22.8. The summed E-state index contributed by atoms with van der Waals surface area (Å²) in [7, 11) is 0. The highest BCUT2D eigenvalue weighted by molar-refractivity contribution is 6.30. The molecule has 2 aromatic carbocycles. The summed E-state index contributed by atoms with van der Waals surface area (Å²) in [6.07, 6.45) is -4.69. The van der Waals surface area contributed by atoms with Crippen molar-refractivity contribution in [1.82, 2.24) is 9.78 Å². The molecule has 0 aliphatic heterocycles. The molecule has 0 aliphatic carbocycles. The number of anilines is 1. The van der Waals surface area contributed by atoms with Gasteiger partial charge in [-0.25, -0.2) is 0 Å². The van der Waals surface area contributed by atoms with Gasteiger partial charge in [0.05, 0.1) is 22.4 Å². The minimum Gasteiger partial charge on any atom is -0.457 e. The number of aromatic nitrogens is 2. The Morgan fingerprint density at radius 1 is 1.19 bits per heavy atom. The highest BCUT2D eigenvalue weighted by Gasteiger charge is 2.35. The zero-order valence-corrected chi connectivity index (χ0v) is 16.6. The second kappa shape index (κ2) is 8.64. The molecule has 0 bridgehead atoms. The van der Waals surface area contributed by atoms with Gasteiger partial charge in [-0.3, -0.25) is 19.6 Å². The van der Waals surface area contributed by atoms with Crippen LogP contribution in [0.4, 0.5) is 24.5 Å². The van der Waals surface area contributed by atoms with Gasteiger partial charge in [-0.2, -0.15) is 18.3 Å². The van der Waals surface area contributed by atoms with E-state index in [0.29, 0.717) is 15.5 Å². The van der Waals surface area contributed by atoms with Gasteiger partial charge in [0.1, 0.15) is 23.7 Å². The van der Waals surface area contributed by atoms with Gasteiger partial charge in [-0.1, -0.05) is 11.6 Å². The van der Waals surface area contributed by atoms with Crippen molar-refractivity contribution in [3.63, 3.8) is 0 Å². The monoisotopic (exact) mass is 454 g/mol. The maximum atomic E-state index is 13.1. The average molecular weight is 455 g/mol. The third-order valence-corrected chi connectivity index (χ3v) is 4.17. The van der Waals surface area contributed by atoms with Crippen molar-refractivity contribution in [3.05, 3.63) is 75.1 Å². The number of amides is 1. The second-order valence-electron chi connectivity index (χ2n) is 6.40. The lowest BCUT2D eigenvalue weighted by Gasteiger charge is -2.12. The highest BCUT2D eigenvalue weighted by atomic mass is 35.5. The zero-order valence-electron chi connectivity index (χ0n) is 15.8. The first-order valence-electron chi connectivity index (χ1n) is 8.65. The Hall–Kier alpha value is -3.60. The van der Waals surface area contributed by atoms with E-state index in [4.69, 9.17) is 16.3 Å². The predicted octanol–water partition coefficient (Wildman–Crippen LogP) is 5.20. The standard InChI is InChI=1S/C19H14ClF3N4O4/c1-11-6-17(19(21,22)23)26(25-11)10-18(28)24-13-7-14(27(29)30)9-16(8-13)31-15-4-2-12(20)3-5-15/h2-9H,10H2,1H3,(H,24,28). The zero-order chi connectivity index (χ0) is 22.8. The van der Waals surface area contributed by atoms with Gasteiger partial charge in [-0.15, -0.1) is 0 Å². The summed E-state index contributed by atoms with van der Waals surface area (Å²) in [5, 5.41) is 17.7. The smallest absolute Gasteiger partial charge is 0.433 e. The van der Waals surface area contributed by atoms with Crippen molar-refractivity contribution in [2.45, 2.75) is 19.6 Å². The molecular weight excluding hydrogens is 441 g/mol. The van der Waals surface area contributed by atoms with E-state index in [1.807, 2.05) is 0 Å². The van der Waals surface area contributed by atoms with Gasteiger partial charge >= 0.3 is 6.18 Å². The number of alkyl halides is 3. The van der Waals surface area contributed by atoms with E-state index in [0.717, 1.165) is 18.2 Å². The average Bonchev–Trinajstić information content (AvgIpc) is 3.03. The Kier molecular flexibility index (Phi) is 6.16. The Morgan fingerprint density at radius 3 is 2.48 bits per heavy atom. The van der Waals surface area contributed by atoms with Gasteiger partial charge in [0.15, 0.2) is 0 Å². The minimum absolute atomic E-state index is 0.0272.